The van der Waals surface area contributed by atoms with Crippen molar-refractivity contribution in [1.82, 2.24) is 5.32 Å². The van der Waals surface area contributed by atoms with Gasteiger partial charge < -0.3 is 19.3 Å². The fourth-order valence-electron chi connectivity index (χ4n) is 2.47. The second-order valence-electron chi connectivity index (χ2n) is 7.33. The Bertz CT molecular complexity index is 693. The highest BCUT2D eigenvalue weighted by Gasteiger charge is 2.37. The van der Waals surface area contributed by atoms with Crippen LogP contribution >= 0.6 is 7.60 Å². The Kier molecular flexibility index (Phi) is 10.4. The summed E-state index contributed by atoms with van der Waals surface area (Å²) in [5.74, 6) is -0.984. The summed E-state index contributed by atoms with van der Waals surface area (Å²) in [7, 11) is -1.20. The van der Waals surface area contributed by atoms with Gasteiger partial charge in [0.05, 0.1) is 13.3 Å². The number of carbonyl (C=O) groups excluding carboxylic acids is 2. The van der Waals surface area contributed by atoms with Crippen LogP contribution < -0.4 is 5.32 Å². The zero-order valence-corrected chi connectivity index (χ0v) is 18.8. The number of amides is 1. The summed E-state index contributed by atoms with van der Waals surface area (Å²) in [6, 6.07) is 8.73. The van der Waals surface area contributed by atoms with Crippen molar-refractivity contribution < 1.29 is 32.7 Å². The fourth-order valence-corrected chi connectivity index (χ4v) is 4.46. The van der Waals surface area contributed by atoms with Crippen LogP contribution in [0.25, 0.3) is 0 Å². The monoisotopic (exact) mass is 429 g/mol. The molecule has 3 atom stereocenters. The highest BCUT2D eigenvalue weighted by molar-refractivity contribution is 7.53. The van der Waals surface area contributed by atoms with Gasteiger partial charge in [0.2, 0.25) is 0 Å². The molecule has 0 aliphatic rings. The van der Waals surface area contributed by atoms with Crippen LogP contribution in [0.5, 0.6) is 0 Å². The van der Waals surface area contributed by atoms with E-state index >= 15 is 0 Å². The SMILES string of the molecule is COC(=O)[C@@H](OP(=O)(CC(NC(=O)OCc1ccccc1)C(C)C)OC)C(C)C. The molecule has 0 bridgehead atoms. The number of carbonyl (C=O) groups is 2. The molecule has 1 amide bonds. The topological polar surface area (TPSA) is 100 Å². The molecule has 1 aromatic rings. The second kappa shape index (κ2) is 12.0. The minimum absolute atomic E-state index is 0.0815. The van der Waals surface area contributed by atoms with Gasteiger partial charge in [0.1, 0.15) is 6.61 Å². The molecule has 0 fully saturated rings. The lowest BCUT2D eigenvalue weighted by Crippen LogP contribution is -2.42. The number of hydrogen-bond donors (Lipinski definition) is 1. The maximum absolute atomic E-state index is 13.1. The molecule has 1 aromatic carbocycles. The highest BCUT2D eigenvalue weighted by Crippen LogP contribution is 2.50. The molecule has 0 saturated carbocycles. The molecular weight excluding hydrogens is 397 g/mol. The van der Waals surface area contributed by atoms with Crippen molar-refractivity contribution in [2.45, 2.75) is 46.4 Å². The van der Waals surface area contributed by atoms with Crippen molar-refractivity contribution in [2.24, 2.45) is 11.8 Å². The molecule has 0 aromatic heterocycles. The van der Waals surface area contributed by atoms with E-state index in [1.807, 2.05) is 44.2 Å². The largest absolute Gasteiger partial charge is 0.467 e. The predicted molar refractivity (Wildman–Crippen MR) is 110 cm³/mol. The van der Waals surface area contributed by atoms with E-state index in [2.05, 4.69) is 5.32 Å². The van der Waals surface area contributed by atoms with E-state index in [0.29, 0.717) is 0 Å². The van der Waals surface area contributed by atoms with Crippen LogP contribution in [0.15, 0.2) is 30.3 Å². The van der Waals surface area contributed by atoms with Crippen molar-refractivity contribution in [1.29, 1.82) is 0 Å². The number of rotatable bonds is 11. The highest BCUT2D eigenvalue weighted by atomic mass is 31.2. The quantitative estimate of drug-likeness (QED) is 0.419. The fraction of sp³-hybridized carbons (Fsp3) is 0.600. The molecule has 2 unspecified atom stereocenters. The number of alkyl carbamates (subject to hydrolysis) is 1. The normalized spacial score (nSPS) is 15.4. The number of esters is 1. The van der Waals surface area contributed by atoms with Crippen molar-refractivity contribution in [3.8, 4) is 0 Å². The van der Waals surface area contributed by atoms with E-state index in [4.69, 9.17) is 18.5 Å². The number of ether oxygens (including phenoxy) is 2. The third-order valence-corrected chi connectivity index (χ3v) is 6.28. The lowest BCUT2D eigenvalue weighted by molar-refractivity contribution is -0.151. The molecule has 0 aliphatic heterocycles. The third kappa shape index (κ3) is 8.56. The average molecular weight is 429 g/mol. The summed E-state index contributed by atoms with van der Waals surface area (Å²) in [6.45, 7) is 7.35. The van der Waals surface area contributed by atoms with Gasteiger partial charge in [-0.05, 0) is 17.4 Å². The van der Waals surface area contributed by atoms with Crippen molar-refractivity contribution >= 4 is 19.7 Å². The first kappa shape index (κ1) is 25.1. The Morgan fingerprint density at radius 3 is 2.14 bits per heavy atom. The van der Waals surface area contributed by atoms with Gasteiger partial charge in [-0.2, -0.15) is 0 Å². The molecule has 0 heterocycles. The van der Waals surface area contributed by atoms with E-state index in [0.717, 1.165) is 5.56 Å². The second-order valence-corrected chi connectivity index (χ2v) is 9.49. The molecule has 8 nitrogen and oxygen atoms in total. The number of hydrogen-bond acceptors (Lipinski definition) is 7. The van der Waals surface area contributed by atoms with E-state index in [1.54, 1.807) is 13.8 Å². The molecular formula is C20H32NO7P. The maximum Gasteiger partial charge on any atom is 0.407 e. The smallest absolute Gasteiger partial charge is 0.407 e. The van der Waals surface area contributed by atoms with E-state index in [1.165, 1.54) is 14.2 Å². The molecule has 164 valence electrons. The minimum atomic E-state index is -3.69. The molecule has 29 heavy (non-hydrogen) atoms. The van der Waals surface area contributed by atoms with Gasteiger partial charge >= 0.3 is 19.7 Å². The molecule has 9 heteroatoms. The van der Waals surface area contributed by atoms with Gasteiger partial charge in [0.15, 0.2) is 6.10 Å². The van der Waals surface area contributed by atoms with Crippen LogP contribution in [-0.2, 0) is 34.5 Å². The standard InChI is InChI=1S/C20H32NO7P/c1-14(2)17(21-20(23)27-12-16-10-8-7-9-11-16)13-29(24,26-6)28-18(15(3)4)19(22)25-5/h7-11,14-15,17-18H,12-13H2,1-6H3,(H,21,23)/t17?,18-,29?/m0/s1. The first-order valence-corrected chi connectivity index (χ1v) is 11.2. The molecule has 0 radical (unpaired) electrons. The Morgan fingerprint density at radius 1 is 1.03 bits per heavy atom. The summed E-state index contributed by atoms with van der Waals surface area (Å²) in [6.07, 6.45) is -1.78. The minimum Gasteiger partial charge on any atom is -0.467 e. The number of nitrogens with one attached hydrogen (secondary N) is 1. The summed E-state index contributed by atoms with van der Waals surface area (Å²) in [5, 5.41) is 2.71. The Labute approximate surface area is 172 Å². The Balaban J connectivity index is 2.79. The molecule has 1 rings (SSSR count). The van der Waals surface area contributed by atoms with Gasteiger partial charge in [0.25, 0.3) is 0 Å². The van der Waals surface area contributed by atoms with Crippen LogP contribution in [-0.4, -0.2) is 44.6 Å². The van der Waals surface area contributed by atoms with Gasteiger partial charge in [-0.1, -0.05) is 58.0 Å². The lowest BCUT2D eigenvalue weighted by atomic mass is 10.1. The molecule has 0 spiro atoms. The maximum atomic E-state index is 13.1. The van der Waals surface area contributed by atoms with Crippen molar-refractivity contribution in [2.75, 3.05) is 20.4 Å². The Morgan fingerprint density at radius 2 is 1.66 bits per heavy atom. The van der Waals surface area contributed by atoms with Crippen LogP contribution in [0.3, 0.4) is 0 Å². The van der Waals surface area contributed by atoms with Gasteiger partial charge in [-0.3, -0.25) is 9.09 Å². The van der Waals surface area contributed by atoms with E-state index in [-0.39, 0.29) is 24.6 Å². The van der Waals surface area contributed by atoms with Crippen LogP contribution in [0.1, 0.15) is 33.3 Å². The summed E-state index contributed by atoms with van der Waals surface area (Å²) in [4.78, 5) is 24.2. The molecule has 0 saturated heterocycles. The Hall–Kier alpha value is -1.89. The van der Waals surface area contributed by atoms with Crippen molar-refractivity contribution in [3.05, 3.63) is 35.9 Å². The van der Waals surface area contributed by atoms with Crippen molar-refractivity contribution in [3.63, 3.8) is 0 Å². The zero-order valence-electron chi connectivity index (χ0n) is 17.9. The predicted octanol–water partition coefficient (Wildman–Crippen LogP) is 3.99. The first-order valence-electron chi connectivity index (χ1n) is 9.50. The number of benzene rings is 1. The summed E-state index contributed by atoms with van der Waals surface area (Å²) >= 11 is 0. The zero-order chi connectivity index (χ0) is 22.0. The third-order valence-electron chi connectivity index (χ3n) is 4.33. The van der Waals surface area contributed by atoms with Crippen LogP contribution in [0.2, 0.25) is 0 Å². The van der Waals surface area contributed by atoms with Crippen LogP contribution in [0.4, 0.5) is 4.79 Å². The molecule has 0 aliphatic carbocycles. The van der Waals surface area contributed by atoms with Gasteiger partial charge in [0, 0.05) is 13.2 Å². The lowest BCUT2D eigenvalue weighted by Gasteiger charge is -2.29. The van der Waals surface area contributed by atoms with Gasteiger partial charge in [-0.15, -0.1) is 0 Å². The molecule has 1 N–H and O–H groups in total. The average Bonchev–Trinajstić information content (AvgIpc) is 2.70. The van der Waals surface area contributed by atoms with E-state index < -0.39 is 31.8 Å². The summed E-state index contributed by atoms with van der Waals surface area (Å²) < 4.78 is 33.8. The number of methoxy groups -OCH3 is 1. The first-order chi connectivity index (χ1) is 13.6. The van der Waals surface area contributed by atoms with Crippen LogP contribution in [0, 0.1) is 11.8 Å². The van der Waals surface area contributed by atoms with E-state index in [9.17, 15) is 14.2 Å². The summed E-state index contributed by atoms with van der Waals surface area (Å²) in [5.41, 5.74) is 0.854. The van der Waals surface area contributed by atoms with Gasteiger partial charge in [-0.25, -0.2) is 9.59 Å².